The number of benzene rings is 2. The van der Waals surface area contributed by atoms with E-state index in [4.69, 9.17) is 10.5 Å². The van der Waals surface area contributed by atoms with Crippen molar-refractivity contribution in [2.45, 2.75) is 19.3 Å². The number of amides is 1. The van der Waals surface area contributed by atoms with Crippen molar-refractivity contribution in [2.75, 3.05) is 26.2 Å². The fourth-order valence-corrected chi connectivity index (χ4v) is 3.32. The van der Waals surface area contributed by atoms with Crippen LogP contribution in [0, 0.1) is 11.7 Å². The lowest BCUT2D eigenvalue weighted by Crippen LogP contribution is -2.40. The van der Waals surface area contributed by atoms with E-state index in [2.05, 4.69) is 4.90 Å². The number of likely N-dealkylation sites (tertiary alicyclic amines) is 1. The Balaban J connectivity index is 1.41. The molecule has 0 aliphatic carbocycles. The Kier molecular flexibility index (Phi) is 6.23. The van der Waals surface area contributed by atoms with Crippen LogP contribution in [-0.2, 0) is 11.2 Å². The highest BCUT2D eigenvalue weighted by Crippen LogP contribution is 2.18. The van der Waals surface area contributed by atoms with Gasteiger partial charge in [-0.25, -0.2) is 4.39 Å². The quantitative estimate of drug-likeness (QED) is 0.830. The summed E-state index contributed by atoms with van der Waals surface area (Å²) in [5, 5.41) is 0. The van der Waals surface area contributed by atoms with Crippen LogP contribution in [0.4, 0.5) is 4.39 Å². The van der Waals surface area contributed by atoms with E-state index < -0.39 is 0 Å². The third kappa shape index (κ3) is 5.30. The highest BCUT2D eigenvalue weighted by Gasteiger charge is 2.22. The van der Waals surface area contributed by atoms with Crippen molar-refractivity contribution in [3.05, 3.63) is 65.5 Å². The summed E-state index contributed by atoms with van der Waals surface area (Å²) < 4.78 is 19.1. The molecule has 0 bridgehead atoms. The van der Waals surface area contributed by atoms with E-state index in [0.29, 0.717) is 13.0 Å². The van der Waals surface area contributed by atoms with E-state index in [1.165, 1.54) is 6.07 Å². The van der Waals surface area contributed by atoms with Crippen molar-refractivity contribution in [2.24, 2.45) is 11.7 Å². The molecule has 2 aromatic rings. The van der Waals surface area contributed by atoms with Crippen molar-refractivity contribution >= 4 is 5.91 Å². The lowest BCUT2D eigenvalue weighted by atomic mass is 9.96. The Labute approximate surface area is 153 Å². The average Bonchev–Trinajstić information content (AvgIpc) is 2.64. The summed E-state index contributed by atoms with van der Waals surface area (Å²) in [4.78, 5) is 13.5. The highest BCUT2D eigenvalue weighted by atomic mass is 19.1. The second kappa shape index (κ2) is 8.81. The van der Waals surface area contributed by atoms with E-state index in [9.17, 15) is 9.18 Å². The molecule has 0 radical (unpaired) electrons. The molecule has 1 amide bonds. The normalized spacial score (nSPS) is 15.7. The molecule has 3 rings (SSSR count). The zero-order chi connectivity index (χ0) is 18.4. The minimum Gasteiger partial charge on any atom is -0.492 e. The molecule has 2 aromatic carbocycles. The zero-order valence-electron chi connectivity index (χ0n) is 14.9. The summed E-state index contributed by atoms with van der Waals surface area (Å²) in [7, 11) is 0. The second-order valence-corrected chi connectivity index (χ2v) is 6.82. The fraction of sp³-hybridized carbons (Fsp3) is 0.381. The molecule has 1 saturated heterocycles. The number of ether oxygens (including phenoxy) is 1. The highest BCUT2D eigenvalue weighted by molar-refractivity contribution is 5.76. The predicted molar refractivity (Wildman–Crippen MR) is 99.5 cm³/mol. The van der Waals surface area contributed by atoms with Crippen molar-refractivity contribution < 1.29 is 13.9 Å². The Hall–Kier alpha value is -2.40. The molecule has 1 aliphatic rings. The first-order valence-corrected chi connectivity index (χ1v) is 9.08. The van der Waals surface area contributed by atoms with Gasteiger partial charge in [-0.2, -0.15) is 0 Å². The van der Waals surface area contributed by atoms with Gasteiger partial charge in [0.1, 0.15) is 18.2 Å². The monoisotopic (exact) mass is 356 g/mol. The van der Waals surface area contributed by atoms with Crippen LogP contribution >= 0.6 is 0 Å². The zero-order valence-corrected chi connectivity index (χ0v) is 14.9. The number of hydrogen-bond donors (Lipinski definition) is 1. The number of piperidine rings is 1. The van der Waals surface area contributed by atoms with Gasteiger partial charge in [-0.05, 0) is 67.7 Å². The smallest absolute Gasteiger partial charge is 0.220 e. The maximum atomic E-state index is 13.2. The number of carbonyl (C=O) groups excluding carboxylic acids is 1. The van der Waals surface area contributed by atoms with Gasteiger partial charge < -0.3 is 10.5 Å². The van der Waals surface area contributed by atoms with Gasteiger partial charge in [0.25, 0.3) is 0 Å². The van der Waals surface area contributed by atoms with E-state index in [1.807, 2.05) is 30.3 Å². The maximum Gasteiger partial charge on any atom is 0.220 e. The van der Waals surface area contributed by atoms with Gasteiger partial charge in [-0.3, -0.25) is 9.69 Å². The van der Waals surface area contributed by atoms with Gasteiger partial charge in [0, 0.05) is 12.5 Å². The summed E-state index contributed by atoms with van der Waals surface area (Å²) in [6.45, 7) is 3.24. The van der Waals surface area contributed by atoms with Crippen LogP contribution in [0.3, 0.4) is 0 Å². The molecule has 1 heterocycles. The van der Waals surface area contributed by atoms with Crippen molar-refractivity contribution in [1.82, 2.24) is 4.90 Å². The summed E-state index contributed by atoms with van der Waals surface area (Å²) in [6.07, 6.45) is 2.38. The first-order chi connectivity index (χ1) is 12.6. The molecule has 4 nitrogen and oxygen atoms in total. The third-order valence-corrected chi connectivity index (χ3v) is 4.89. The van der Waals surface area contributed by atoms with Gasteiger partial charge in [0.15, 0.2) is 0 Å². The van der Waals surface area contributed by atoms with Crippen LogP contribution in [0.1, 0.15) is 24.0 Å². The number of rotatable bonds is 7. The number of nitrogens with zero attached hydrogens (tertiary/aromatic N) is 1. The molecule has 1 fully saturated rings. The van der Waals surface area contributed by atoms with Gasteiger partial charge in [0.05, 0.1) is 0 Å². The van der Waals surface area contributed by atoms with Crippen LogP contribution in [0.15, 0.2) is 48.5 Å². The Morgan fingerprint density at radius 1 is 1.12 bits per heavy atom. The summed E-state index contributed by atoms with van der Waals surface area (Å²) >= 11 is 0. The predicted octanol–water partition coefficient (Wildman–Crippen LogP) is 2.99. The Morgan fingerprint density at radius 2 is 1.85 bits per heavy atom. The van der Waals surface area contributed by atoms with E-state index in [1.54, 1.807) is 12.1 Å². The first-order valence-electron chi connectivity index (χ1n) is 9.08. The van der Waals surface area contributed by atoms with Gasteiger partial charge in [-0.15, -0.1) is 0 Å². The molecule has 0 atom stereocenters. The number of carbonyl (C=O) groups is 1. The van der Waals surface area contributed by atoms with E-state index in [-0.39, 0.29) is 17.6 Å². The third-order valence-electron chi connectivity index (χ3n) is 4.89. The molecule has 2 N–H and O–H groups in total. The van der Waals surface area contributed by atoms with Crippen molar-refractivity contribution in [3.8, 4) is 5.75 Å². The molecule has 0 saturated carbocycles. The van der Waals surface area contributed by atoms with Gasteiger partial charge >= 0.3 is 0 Å². The molecular formula is C21H25FN2O2. The topological polar surface area (TPSA) is 55.6 Å². The van der Waals surface area contributed by atoms with Crippen LogP contribution in [0.25, 0.3) is 0 Å². The fourth-order valence-electron chi connectivity index (χ4n) is 3.32. The minimum atomic E-state index is -0.206. The standard InChI is InChI=1S/C21H25FN2O2/c22-19-3-1-2-17(15-19)14-16-4-6-20(7-5-16)26-13-12-24-10-8-18(9-11-24)21(23)25/h1-7,15,18H,8-14H2,(H2,23,25). The van der Waals surface area contributed by atoms with E-state index >= 15 is 0 Å². The lowest BCUT2D eigenvalue weighted by molar-refractivity contribution is -0.123. The molecule has 1 aliphatic heterocycles. The van der Waals surface area contributed by atoms with Crippen LogP contribution in [0.2, 0.25) is 0 Å². The summed E-state index contributed by atoms with van der Waals surface area (Å²) in [5.74, 6) is 0.472. The lowest BCUT2D eigenvalue weighted by Gasteiger charge is -2.30. The molecule has 5 heteroatoms. The second-order valence-electron chi connectivity index (χ2n) is 6.82. The minimum absolute atomic E-state index is 0.0257. The molecule has 0 spiro atoms. The molecule has 138 valence electrons. The molecular weight excluding hydrogens is 331 g/mol. The van der Waals surface area contributed by atoms with Gasteiger partial charge in [0.2, 0.25) is 5.91 Å². The van der Waals surface area contributed by atoms with Crippen LogP contribution in [-0.4, -0.2) is 37.0 Å². The average molecular weight is 356 g/mol. The number of halogens is 1. The van der Waals surface area contributed by atoms with Crippen LogP contribution in [0.5, 0.6) is 5.75 Å². The van der Waals surface area contributed by atoms with E-state index in [0.717, 1.165) is 49.4 Å². The van der Waals surface area contributed by atoms with Crippen LogP contribution < -0.4 is 10.5 Å². The first kappa shape index (κ1) is 18.4. The molecule has 0 aromatic heterocycles. The Morgan fingerprint density at radius 3 is 2.50 bits per heavy atom. The van der Waals surface area contributed by atoms with Crippen molar-refractivity contribution in [1.29, 1.82) is 0 Å². The summed E-state index contributed by atoms with van der Waals surface area (Å²) in [5.41, 5.74) is 7.43. The summed E-state index contributed by atoms with van der Waals surface area (Å²) in [6, 6.07) is 14.6. The largest absolute Gasteiger partial charge is 0.492 e. The molecule has 0 unspecified atom stereocenters. The maximum absolute atomic E-state index is 13.2. The number of hydrogen-bond acceptors (Lipinski definition) is 3. The van der Waals surface area contributed by atoms with Crippen molar-refractivity contribution in [3.63, 3.8) is 0 Å². The van der Waals surface area contributed by atoms with Gasteiger partial charge in [-0.1, -0.05) is 24.3 Å². The molecule has 26 heavy (non-hydrogen) atoms. The number of primary amides is 1. The number of nitrogens with two attached hydrogens (primary N) is 1. The SMILES string of the molecule is NC(=O)C1CCN(CCOc2ccc(Cc3cccc(F)c3)cc2)CC1. The Bertz CT molecular complexity index is 725.